The van der Waals surface area contributed by atoms with E-state index in [1.165, 1.54) is 0 Å². The molecule has 0 amide bonds. The summed E-state index contributed by atoms with van der Waals surface area (Å²) in [5, 5.41) is 6.50. The highest BCUT2D eigenvalue weighted by Gasteiger charge is 2.06. The Morgan fingerprint density at radius 1 is 1.25 bits per heavy atom. The molecule has 0 aliphatic heterocycles. The SMILES string of the molecule is NCCCNc1nc(Nc2ccc(Cl)cc2)ncc1F. The molecule has 20 heavy (non-hydrogen) atoms. The summed E-state index contributed by atoms with van der Waals surface area (Å²) in [5.41, 5.74) is 6.16. The molecule has 0 radical (unpaired) electrons. The zero-order valence-electron chi connectivity index (χ0n) is 10.7. The van der Waals surface area contributed by atoms with Crippen molar-refractivity contribution in [3.8, 4) is 0 Å². The minimum absolute atomic E-state index is 0.157. The van der Waals surface area contributed by atoms with E-state index in [2.05, 4.69) is 20.6 Å². The highest BCUT2D eigenvalue weighted by atomic mass is 35.5. The molecule has 5 nitrogen and oxygen atoms in total. The van der Waals surface area contributed by atoms with Gasteiger partial charge in [0.1, 0.15) is 0 Å². The van der Waals surface area contributed by atoms with Crippen molar-refractivity contribution >= 4 is 29.1 Å². The van der Waals surface area contributed by atoms with Crippen molar-refractivity contribution in [2.45, 2.75) is 6.42 Å². The van der Waals surface area contributed by atoms with Crippen LogP contribution in [0.3, 0.4) is 0 Å². The molecular formula is C13H15ClFN5. The Balaban J connectivity index is 2.08. The van der Waals surface area contributed by atoms with E-state index in [1.54, 1.807) is 24.3 Å². The molecule has 0 saturated carbocycles. The lowest BCUT2D eigenvalue weighted by Crippen LogP contribution is -2.11. The molecule has 106 valence electrons. The van der Waals surface area contributed by atoms with Crippen LogP contribution in [0.25, 0.3) is 0 Å². The second-order valence-corrected chi connectivity index (χ2v) is 4.53. The number of nitrogens with one attached hydrogen (secondary N) is 2. The summed E-state index contributed by atoms with van der Waals surface area (Å²) in [6, 6.07) is 7.06. The normalized spacial score (nSPS) is 10.3. The number of rotatable bonds is 6. The van der Waals surface area contributed by atoms with E-state index in [1.807, 2.05) is 0 Å². The third-order valence-corrected chi connectivity index (χ3v) is 2.77. The van der Waals surface area contributed by atoms with Crippen molar-refractivity contribution < 1.29 is 4.39 Å². The Bertz CT molecular complexity index is 561. The van der Waals surface area contributed by atoms with Crippen LogP contribution in [0, 0.1) is 5.82 Å². The quantitative estimate of drug-likeness (QED) is 0.715. The first-order valence-corrected chi connectivity index (χ1v) is 6.56. The van der Waals surface area contributed by atoms with Gasteiger partial charge in [-0.3, -0.25) is 0 Å². The lowest BCUT2D eigenvalue weighted by molar-refractivity contribution is 0.617. The number of hydrogen-bond donors (Lipinski definition) is 3. The first-order valence-electron chi connectivity index (χ1n) is 6.18. The Kier molecular flexibility index (Phi) is 5.09. The average molecular weight is 296 g/mol. The smallest absolute Gasteiger partial charge is 0.229 e. The summed E-state index contributed by atoms with van der Waals surface area (Å²) >= 11 is 5.80. The molecule has 1 aromatic carbocycles. The van der Waals surface area contributed by atoms with Crippen LogP contribution in [-0.4, -0.2) is 23.1 Å². The average Bonchev–Trinajstić information content (AvgIpc) is 2.45. The minimum atomic E-state index is -0.497. The highest BCUT2D eigenvalue weighted by molar-refractivity contribution is 6.30. The van der Waals surface area contributed by atoms with Crippen molar-refractivity contribution in [1.29, 1.82) is 0 Å². The van der Waals surface area contributed by atoms with Gasteiger partial charge in [0, 0.05) is 17.3 Å². The van der Waals surface area contributed by atoms with Crippen LogP contribution in [-0.2, 0) is 0 Å². The van der Waals surface area contributed by atoms with Gasteiger partial charge in [0.15, 0.2) is 11.6 Å². The van der Waals surface area contributed by atoms with E-state index in [4.69, 9.17) is 17.3 Å². The number of nitrogens with zero attached hydrogens (tertiary/aromatic N) is 2. The molecule has 1 heterocycles. The maximum atomic E-state index is 13.5. The largest absolute Gasteiger partial charge is 0.367 e. The summed E-state index contributed by atoms with van der Waals surface area (Å²) in [4.78, 5) is 7.97. The Hall–Kier alpha value is -1.92. The van der Waals surface area contributed by atoms with Crippen LogP contribution in [0.15, 0.2) is 30.5 Å². The van der Waals surface area contributed by atoms with Gasteiger partial charge in [0.25, 0.3) is 0 Å². The van der Waals surface area contributed by atoms with Crippen LogP contribution in [0.5, 0.6) is 0 Å². The van der Waals surface area contributed by atoms with Gasteiger partial charge in [-0.25, -0.2) is 9.37 Å². The second kappa shape index (κ2) is 7.02. The summed E-state index contributed by atoms with van der Waals surface area (Å²) in [7, 11) is 0. The minimum Gasteiger partial charge on any atom is -0.367 e. The first kappa shape index (κ1) is 14.5. The summed E-state index contributed by atoms with van der Waals surface area (Å²) < 4.78 is 13.5. The van der Waals surface area contributed by atoms with Crippen LogP contribution < -0.4 is 16.4 Å². The van der Waals surface area contributed by atoms with E-state index < -0.39 is 5.82 Å². The Labute approximate surface area is 121 Å². The van der Waals surface area contributed by atoms with Crippen molar-refractivity contribution in [3.63, 3.8) is 0 Å². The summed E-state index contributed by atoms with van der Waals surface area (Å²) in [5.74, 6) is -0.0300. The Morgan fingerprint density at radius 3 is 2.70 bits per heavy atom. The molecule has 0 fully saturated rings. The van der Waals surface area contributed by atoms with Crippen molar-refractivity contribution in [2.75, 3.05) is 23.7 Å². The number of hydrogen-bond acceptors (Lipinski definition) is 5. The number of halogens is 2. The fraction of sp³-hybridized carbons (Fsp3) is 0.231. The van der Waals surface area contributed by atoms with Gasteiger partial charge in [-0.1, -0.05) is 11.6 Å². The lowest BCUT2D eigenvalue weighted by atomic mass is 10.3. The van der Waals surface area contributed by atoms with Gasteiger partial charge in [-0.05, 0) is 37.2 Å². The second-order valence-electron chi connectivity index (χ2n) is 4.09. The molecule has 0 aliphatic rings. The predicted molar refractivity (Wildman–Crippen MR) is 78.9 cm³/mol. The van der Waals surface area contributed by atoms with E-state index in [-0.39, 0.29) is 5.82 Å². The first-order chi connectivity index (χ1) is 9.69. The molecule has 0 bridgehead atoms. The fourth-order valence-electron chi connectivity index (χ4n) is 1.52. The van der Waals surface area contributed by atoms with Gasteiger partial charge < -0.3 is 16.4 Å². The Morgan fingerprint density at radius 2 is 2.00 bits per heavy atom. The molecule has 0 atom stereocenters. The maximum Gasteiger partial charge on any atom is 0.229 e. The highest BCUT2D eigenvalue weighted by Crippen LogP contribution is 2.18. The standard InChI is InChI=1S/C13H15ClFN5/c14-9-2-4-10(5-3-9)19-13-18-8-11(15)12(20-13)17-7-1-6-16/h2-5,8H,1,6-7,16H2,(H2,17,18,19,20). The van der Waals surface area contributed by atoms with Crippen molar-refractivity contribution in [1.82, 2.24) is 9.97 Å². The zero-order chi connectivity index (χ0) is 14.4. The number of aromatic nitrogens is 2. The van der Waals surface area contributed by atoms with Crippen LogP contribution in [0.1, 0.15) is 6.42 Å². The zero-order valence-corrected chi connectivity index (χ0v) is 11.5. The van der Waals surface area contributed by atoms with Crippen LogP contribution >= 0.6 is 11.6 Å². The van der Waals surface area contributed by atoms with Gasteiger partial charge >= 0.3 is 0 Å². The third kappa shape index (κ3) is 4.04. The summed E-state index contributed by atoms with van der Waals surface area (Å²) in [6.45, 7) is 1.10. The third-order valence-electron chi connectivity index (χ3n) is 2.52. The van der Waals surface area contributed by atoms with Gasteiger partial charge in [0.05, 0.1) is 6.20 Å². The summed E-state index contributed by atoms with van der Waals surface area (Å²) in [6.07, 6.45) is 1.86. The molecule has 2 aromatic rings. The van der Waals surface area contributed by atoms with E-state index in [0.29, 0.717) is 24.1 Å². The molecule has 4 N–H and O–H groups in total. The van der Waals surface area contributed by atoms with E-state index in [9.17, 15) is 4.39 Å². The number of benzene rings is 1. The molecule has 7 heteroatoms. The fourth-order valence-corrected chi connectivity index (χ4v) is 1.65. The van der Waals surface area contributed by atoms with Gasteiger partial charge in [-0.2, -0.15) is 4.98 Å². The van der Waals surface area contributed by atoms with Crippen LogP contribution in [0.4, 0.5) is 21.8 Å². The molecular weight excluding hydrogens is 281 g/mol. The maximum absolute atomic E-state index is 13.5. The number of anilines is 3. The predicted octanol–water partition coefficient (Wildman–Crippen LogP) is 2.77. The monoisotopic (exact) mass is 295 g/mol. The van der Waals surface area contributed by atoms with Crippen molar-refractivity contribution in [3.05, 3.63) is 41.3 Å². The molecule has 0 aliphatic carbocycles. The van der Waals surface area contributed by atoms with E-state index >= 15 is 0 Å². The molecule has 0 unspecified atom stereocenters. The van der Waals surface area contributed by atoms with E-state index in [0.717, 1.165) is 18.3 Å². The lowest BCUT2D eigenvalue weighted by Gasteiger charge is -2.09. The molecule has 0 saturated heterocycles. The molecule has 2 rings (SSSR count). The van der Waals surface area contributed by atoms with Gasteiger partial charge in [-0.15, -0.1) is 0 Å². The number of nitrogens with two attached hydrogens (primary N) is 1. The van der Waals surface area contributed by atoms with Crippen LogP contribution in [0.2, 0.25) is 5.02 Å². The molecule has 1 aromatic heterocycles. The van der Waals surface area contributed by atoms with Crippen molar-refractivity contribution in [2.24, 2.45) is 5.73 Å². The topological polar surface area (TPSA) is 75.9 Å². The molecule has 0 spiro atoms. The van der Waals surface area contributed by atoms with Gasteiger partial charge in [0.2, 0.25) is 5.95 Å².